The highest BCUT2D eigenvalue weighted by atomic mass is 32.2. The quantitative estimate of drug-likeness (QED) is 0.783. The Morgan fingerprint density at radius 3 is 2.81 bits per heavy atom. The Kier molecular flexibility index (Phi) is 5.08. The smallest absolute Gasteiger partial charge is 0.247 e. The fourth-order valence-electron chi connectivity index (χ4n) is 1.87. The zero-order valence-electron chi connectivity index (χ0n) is 12.2. The van der Waals surface area contributed by atoms with Gasteiger partial charge in [-0.3, -0.25) is 0 Å². The fourth-order valence-corrected chi connectivity index (χ4v) is 2.54. The van der Waals surface area contributed by atoms with Crippen LogP contribution in [0.5, 0.6) is 0 Å². The summed E-state index contributed by atoms with van der Waals surface area (Å²) in [6, 6.07) is 6.52. The van der Waals surface area contributed by atoms with Crippen molar-refractivity contribution in [2.24, 2.45) is 0 Å². The maximum Gasteiger partial charge on any atom is 0.247 e. The van der Waals surface area contributed by atoms with Crippen LogP contribution in [0.3, 0.4) is 0 Å². The van der Waals surface area contributed by atoms with E-state index >= 15 is 0 Å². The molecule has 114 valence electrons. The van der Waals surface area contributed by atoms with E-state index in [2.05, 4.69) is 22.4 Å². The third-order valence-electron chi connectivity index (χ3n) is 2.97. The molecule has 0 aliphatic heterocycles. The van der Waals surface area contributed by atoms with Crippen LogP contribution in [0.15, 0.2) is 33.6 Å². The van der Waals surface area contributed by atoms with Gasteiger partial charge in [-0.2, -0.15) is 0 Å². The van der Waals surface area contributed by atoms with Crippen molar-refractivity contribution in [3.63, 3.8) is 0 Å². The van der Waals surface area contributed by atoms with Crippen molar-refractivity contribution in [1.29, 1.82) is 0 Å². The average molecular weight is 309 g/mol. The number of nitrogens with zero attached hydrogens (tertiary/aromatic N) is 2. The summed E-state index contributed by atoms with van der Waals surface area (Å²) in [6.45, 7) is 3.89. The summed E-state index contributed by atoms with van der Waals surface area (Å²) in [5.74, 6) is 0.909. The van der Waals surface area contributed by atoms with Gasteiger partial charge in [0, 0.05) is 18.2 Å². The summed E-state index contributed by atoms with van der Waals surface area (Å²) >= 11 is 0. The molecule has 0 aliphatic rings. The van der Waals surface area contributed by atoms with E-state index in [0.29, 0.717) is 23.8 Å². The van der Waals surface area contributed by atoms with Crippen molar-refractivity contribution >= 4 is 9.84 Å². The molecule has 6 nitrogen and oxygen atoms in total. The first-order valence-electron chi connectivity index (χ1n) is 6.84. The summed E-state index contributed by atoms with van der Waals surface area (Å²) in [6.07, 6.45) is 2.79. The molecule has 0 fully saturated rings. The minimum absolute atomic E-state index is 0.242. The standard InChI is InChI=1S/C14H19N3O3S/c1-3-15-9-5-8-13-16-17-14(20-13)11-6-4-7-12(10-11)21(2,18)19/h4,6-7,10,15H,3,5,8-9H2,1-2H3. The minimum Gasteiger partial charge on any atom is -0.421 e. The molecule has 7 heteroatoms. The van der Waals surface area contributed by atoms with Gasteiger partial charge >= 0.3 is 0 Å². The molecule has 0 spiro atoms. The predicted molar refractivity (Wildman–Crippen MR) is 79.7 cm³/mol. The van der Waals surface area contributed by atoms with Crippen LogP contribution in [0.2, 0.25) is 0 Å². The molecular weight excluding hydrogens is 290 g/mol. The molecule has 0 radical (unpaired) electrons. The van der Waals surface area contributed by atoms with Gasteiger partial charge in [0.25, 0.3) is 0 Å². The van der Waals surface area contributed by atoms with Gasteiger partial charge in [-0.25, -0.2) is 8.42 Å². The number of hydrogen-bond donors (Lipinski definition) is 1. The van der Waals surface area contributed by atoms with Crippen LogP contribution in [-0.2, 0) is 16.3 Å². The van der Waals surface area contributed by atoms with E-state index < -0.39 is 9.84 Å². The van der Waals surface area contributed by atoms with Gasteiger partial charge in [0.15, 0.2) is 9.84 Å². The Hall–Kier alpha value is -1.73. The number of sulfone groups is 1. The Morgan fingerprint density at radius 1 is 1.29 bits per heavy atom. The second-order valence-electron chi connectivity index (χ2n) is 4.76. The van der Waals surface area contributed by atoms with Gasteiger partial charge in [0.05, 0.1) is 4.90 Å². The lowest BCUT2D eigenvalue weighted by atomic mass is 10.2. The van der Waals surface area contributed by atoms with E-state index in [1.54, 1.807) is 24.3 Å². The Labute approximate surface area is 124 Å². The van der Waals surface area contributed by atoms with Crippen molar-refractivity contribution in [3.8, 4) is 11.5 Å². The number of benzene rings is 1. The molecule has 0 aliphatic carbocycles. The van der Waals surface area contributed by atoms with Gasteiger partial charge < -0.3 is 9.73 Å². The molecule has 0 saturated carbocycles. The van der Waals surface area contributed by atoms with Crippen LogP contribution in [0.25, 0.3) is 11.5 Å². The minimum atomic E-state index is -3.25. The second kappa shape index (κ2) is 6.82. The van der Waals surface area contributed by atoms with Gasteiger partial charge in [-0.1, -0.05) is 13.0 Å². The summed E-state index contributed by atoms with van der Waals surface area (Å²) in [4.78, 5) is 0.242. The molecule has 21 heavy (non-hydrogen) atoms. The first-order chi connectivity index (χ1) is 10.0. The van der Waals surface area contributed by atoms with Crippen LogP contribution >= 0.6 is 0 Å². The van der Waals surface area contributed by atoms with Gasteiger partial charge in [-0.05, 0) is 37.7 Å². The van der Waals surface area contributed by atoms with Crippen LogP contribution in [-0.4, -0.2) is 38.0 Å². The van der Waals surface area contributed by atoms with Crippen molar-refractivity contribution in [1.82, 2.24) is 15.5 Å². The highest BCUT2D eigenvalue weighted by Gasteiger charge is 2.12. The third kappa shape index (κ3) is 4.37. The average Bonchev–Trinajstić information content (AvgIpc) is 2.92. The van der Waals surface area contributed by atoms with Crippen LogP contribution in [0.1, 0.15) is 19.2 Å². The Balaban J connectivity index is 2.11. The number of hydrogen-bond acceptors (Lipinski definition) is 6. The summed E-state index contributed by atoms with van der Waals surface area (Å²) in [7, 11) is -3.25. The maximum absolute atomic E-state index is 11.6. The molecular formula is C14H19N3O3S. The van der Waals surface area contributed by atoms with Crippen molar-refractivity contribution < 1.29 is 12.8 Å². The molecule has 1 N–H and O–H groups in total. The van der Waals surface area contributed by atoms with E-state index in [1.807, 2.05) is 0 Å². The van der Waals surface area contributed by atoms with Crippen LogP contribution in [0, 0.1) is 0 Å². The highest BCUT2D eigenvalue weighted by Crippen LogP contribution is 2.21. The number of nitrogens with one attached hydrogen (secondary N) is 1. The van der Waals surface area contributed by atoms with Gasteiger partial charge in [0.1, 0.15) is 0 Å². The summed E-state index contributed by atoms with van der Waals surface area (Å²) < 4.78 is 28.7. The number of rotatable bonds is 7. The number of aryl methyl sites for hydroxylation is 1. The summed E-state index contributed by atoms with van der Waals surface area (Å²) in [5.41, 5.74) is 0.614. The molecule has 1 aromatic carbocycles. The highest BCUT2D eigenvalue weighted by molar-refractivity contribution is 7.90. The van der Waals surface area contributed by atoms with E-state index in [9.17, 15) is 8.42 Å². The molecule has 0 saturated heterocycles. The lowest BCUT2D eigenvalue weighted by Gasteiger charge is -2.00. The maximum atomic E-state index is 11.6. The van der Waals surface area contributed by atoms with E-state index in [0.717, 1.165) is 19.5 Å². The van der Waals surface area contributed by atoms with E-state index in [-0.39, 0.29) is 4.90 Å². The lowest BCUT2D eigenvalue weighted by Crippen LogP contribution is -2.14. The topological polar surface area (TPSA) is 85.1 Å². The molecule has 1 heterocycles. The molecule has 2 rings (SSSR count). The van der Waals surface area contributed by atoms with E-state index in [1.165, 1.54) is 6.26 Å². The van der Waals surface area contributed by atoms with Crippen molar-refractivity contribution in [3.05, 3.63) is 30.2 Å². The SMILES string of the molecule is CCNCCCc1nnc(-c2cccc(S(C)(=O)=O)c2)o1. The monoisotopic (exact) mass is 309 g/mol. The molecule has 0 bridgehead atoms. The first kappa shape index (κ1) is 15.7. The zero-order chi connectivity index (χ0) is 15.3. The Bertz CT molecular complexity index is 695. The molecule has 0 unspecified atom stereocenters. The molecule has 2 aromatic rings. The fraction of sp³-hybridized carbons (Fsp3) is 0.429. The molecule has 0 amide bonds. The predicted octanol–water partition coefficient (Wildman–Crippen LogP) is 1.68. The summed E-state index contributed by atoms with van der Waals surface area (Å²) in [5, 5.41) is 11.2. The lowest BCUT2D eigenvalue weighted by molar-refractivity contribution is 0.492. The zero-order valence-corrected chi connectivity index (χ0v) is 13.0. The third-order valence-corrected chi connectivity index (χ3v) is 4.08. The van der Waals surface area contributed by atoms with Crippen LogP contribution in [0.4, 0.5) is 0 Å². The normalized spacial score (nSPS) is 11.7. The Morgan fingerprint density at radius 2 is 2.10 bits per heavy atom. The second-order valence-corrected chi connectivity index (χ2v) is 6.77. The first-order valence-corrected chi connectivity index (χ1v) is 8.73. The van der Waals surface area contributed by atoms with Gasteiger partial charge in [0.2, 0.25) is 11.8 Å². The van der Waals surface area contributed by atoms with Crippen LogP contribution < -0.4 is 5.32 Å². The molecule has 1 aromatic heterocycles. The number of aromatic nitrogens is 2. The van der Waals surface area contributed by atoms with Crippen molar-refractivity contribution in [2.75, 3.05) is 19.3 Å². The van der Waals surface area contributed by atoms with Gasteiger partial charge in [-0.15, -0.1) is 10.2 Å². The van der Waals surface area contributed by atoms with E-state index in [4.69, 9.17) is 4.42 Å². The van der Waals surface area contributed by atoms with Crippen molar-refractivity contribution in [2.45, 2.75) is 24.7 Å². The molecule has 0 atom stereocenters. The largest absolute Gasteiger partial charge is 0.421 e.